The van der Waals surface area contributed by atoms with Crippen molar-refractivity contribution in [3.8, 4) is 0 Å². The predicted octanol–water partition coefficient (Wildman–Crippen LogP) is 2.88. The van der Waals surface area contributed by atoms with E-state index >= 15 is 0 Å². The lowest BCUT2D eigenvalue weighted by Gasteiger charge is -2.14. The van der Waals surface area contributed by atoms with Gasteiger partial charge in [-0.15, -0.1) is 0 Å². The van der Waals surface area contributed by atoms with Crippen molar-refractivity contribution in [2.45, 2.75) is 26.8 Å². The molecule has 0 aliphatic heterocycles. The average molecular weight is 190 g/mol. The van der Waals surface area contributed by atoms with E-state index in [1.807, 2.05) is 12.1 Å². The van der Waals surface area contributed by atoms with Crippen molar-refractivity contribution >= 4 is 5.69 Å². The summed E-state index contributed by atoms with van der Waals surface area (Å²) in [5, 5.41) is 6.41. The minimum absolute atomic E-state index is 0.403. The summed E-state index contributed by atoms with van der Waals surface area (Å²) in [6, 6.07) is 8.62. The van der Waals surface area contributed by atoms with E-state index in [0.29, 0.717) is 6.04 Å². The Bertz CT molecular complexity index is 316. The molecule has 0 saturated carbocycles. The van der Waals surface area contributed by atoms with Crippen LogP contribution in [0.3, 0.4) is 0 Å². The predicted molar refractivity (Wildman–Crippen MR) is 62.2 cm³/mol. The highest BCUT2D eigenvalue weighted by atomic mass is 15.1. The Balaban J connectivity index is 2.56. The molecule has 0 saturated heterocycles. The van der Waals surface area contributed by atoms with Crippen LogP contribution in [0.5, 0.6) is 0 Å². The van der Waals surface area contributed by atoms with E-state index in [4.69, 9.17) is 0 Å². The van der Waals surface area contributed by atoms with Gasteiger partial charge in [0.1, 0.15) is 0 Å². The number of rotatable bonds is 4. The molecule has 0 atom stereocenters. The maximum Gasteiger partial charge on any atom is 0.0959 e. The number of aryl methyl sites for hydroxylation is 1. The lowest BCUT2D eigenvalue weighted by Crippen LogP contribution is -2.25. The van der Waals surface area contributed by atoms with Crippen molar-refractivity contribution in [1.82, 2.24) is 5.32 Å². The Labute approximate surface area is 86.0 Å². The Morgan fingerprint density at radius 3 is 2.64 bits per heavy atom. The Kier molecular flexibility index (Phi) is 3.57. The zero-order chi connectivity index (χ0) is 10.6. The van der Waals surface area contributed by atoms with Crippen molar-refractivity contribution in [3.63, 3.8) is 0 Å². The second-order valence-corrected chi connectivity index (χ2v) is 3.77. The van der Waals surface area contributed by atoms with Gasteiger partial charge in [0.05, 0.1) is 5.82 Å². The van der Waals surface area contributed by atoms with E-state index in [2.05, 4.69) is 50.1 Å². The van der Waals surface area contributed by atoms with Crippen LogP contribution in [-0.4, -0.2) is 6.04 Å². The highest BCUT2D eigenvalue weighted by Gasteiger charge is 1.96. The van der Waals surface area contributed by atoms with E-state index in [1.165, 1.54) is 5.56 Å². The van der Waals surface area contributed by atoms with Crippen molar-refractivity contribution in [2.75, 3.05) is 5.32 Å². The molecule has 0 bridgehead atoms. The molecule has 0 spiro atoms. The molecule has 0 aliphatic carbocycles. The fraction of sp³-hybridized carbons (Fsp3) is 0.333. The third-order valence-corrected chi connectivity index (χ3v) is 1.78. The third-order valence-electron chi connectivity index (χ3n) is 1.78. The molecular formula is C12H18N2. The van der Waals surface area contributed by atoms with E-state index < -0.39 is 0 Å². The van der Waals surface area contributed by atoms with Gasteiger partial charge >= 0.3 is 0 Å². The molecule has 0 radical (unpaired) electrons. The third kappa shape index (κ3) is 3.52. The van der Waals surface area contributed by atoms with Crippen molar-refractivity contribution < 1.29 is 0 Å². The van der Waals surface area contributed by atoms with Crippen molar-refractivity contribution in [2.24, 2.45) is 0 Å². The molecule has 14 heavy (non-hydrogen) atoms. The summed E-state index contributed by atoms with van der Waals surface area (Å²) in [6.45, 7) is 10.1. The highest BCUT2D eigenvalue weighted by Crippen LogP contribution is 2.10. The van der Waals surface area contributed by atoms with Gasteiger partial charge in [0, 0.05) is 11.7 Å². The smallest absolute Gasteiger partial charge is 0.0959 e. The second-order valence-electron chi connectivity index (χ2n) is 3.77. The van der Waals surface area contributed by atoms with Crippen molar-refractivity contribution in [1.29, 1.82) is 0 Å². The average Bonchev–Trinajstić information content (AvgIpc) is 2.01. The van der Waals surface area contributed by atoms with Crippen LogP contribution < -0.4 is 10.6 Å². The van der Waals surface area contributed by atoms with E-state index in [0.717, 1.165) is 11.5 Å². The van der Waals surface area contributed by atoms with E-state index in [1.54, 1.807) is 0 Å². The molecule has 0 aliphatic rings. The number of anilines is 1. The molecule has 0 fully saturated rings. The number of hydrogen-bond donors (Lipinski definition) is 2. The van der Waals surface area contributed by atoms with Gasteiger partial charge in [-0.05, 0) is 38.5 Å². The molecule has 76 valence electrons. The number of benzene rings is 1. The second kappa shape index (κ2) is 4.70. The summed E-state index contributed by atoms with van der Waals surface area (Å²) < 4.78 is 0. The lowest BCUT2D eigenvalue weighted by atomic mass is 10.2. The molecule has 1 rings (SSSR count). The minimum Gasteiger partial charge on any atom is -0.370 e. The maximum absolute atomic E-state index is 3.90. The molecule has 2 N–H and O–H groups in total. The quantitative estimate of drug-likeness (QED) is 0.763. The van der Waals surface area contributed by atoms with Gasteiger partial charge in [0.15, 0.2) is 0 Å². The molecule has 1 aromatic rings. The Hall–Kier alpha value is -1.44. The van der Waals surface area contributed by atoms with Gasteiger partial charge in [-0.1, -0.05) is 18.7 Å². The van der Waals surface area contributed by atoms with Gasteiger partial charge in [0.25, 0.3) is 0 Å². The summed E-state index contributed by atoms with van der Waals surface area (Å²) >= 11 is 0. The first-order valence-electron chi connectivity index (χ1n) is 4.87. The summed E-state index contributed by atoms with van der Waals surface area (Å²) in [7, 11) is 0. The largest absolute Gasteiger partial charge is 0.370 e. The van der Waals surface area contributed by atoms with Crippen LogP contribution in [0.15, 0.2) is 36.7 Å². The Morgan fingerprint density at radius 2 is 2.07 bits per heavy atom. The highest BCUT2D eigenvalue weighted by molar-refractivity contribution is 5.49. The molecular weight excluding hydrogens is 172 g/mol. The van der Waals surface area contributed by atoms with Gasteiger partial charge in [-0.25, -0.2) is 0 Å². The van der Waals surface area contributed by atoms with Crippen molar-refractivity contribution in [3.05, 3.63) is 42.2 Å². The molecule has 2 heteroatoms. The van der Waals surface area contributed by atoms with Crippen LogP contribution in [0.25, 0.3) is 0 Å². The van der Waals surface area contributed by atoms with Gasteiger partial charge in [-0.2, -0.15) is 0 Å². The van der Waals surface area contributed by atoms with Gasteiger partial charge in [0.2, 0.25) is 0 Å². The topological polar surface area (TPSA) is 24.1 Å². The number of hydrogen-bond acceptors (Lipinski definition) is 2. The molecule has 0 aromatic heterocycles. The minimum atomic E-state index is 0.403. The molecule has 0 heterocycles. The Morgan fingerprint density at radius 1 is 1.36 bits per heavy atom. The summed E-state index contributed by atoms with van der Waals surface area (Å²) in [5.41, 5.74) is 2.32. The summed E-state index contributed by atoms with van der Waals surface area (Å²) in [5.74, 6) is 0.839. The standard InChI is InChI=1S/C12H18N2/c1-9(2)13-11(4)14-12-7-5-6-10(3)8-12/h5-9,13-14H,4H2,1-3H3. The first kappa shape index (κ1) is 10.6. The maximum atomic E-state index is 3.90. The lowest BCUT2D eigenvalue weighted by molar-refractivity contribution is 0.674. The van der Waals surface area contributed by atoms with Crippen LogP contribution >= 0.6 is 0 Å². The normalized spacial score (nSPS) is 10.0. The van der Waals surface area contributed by atoms with Crippen LogP contribution in [0.2, 0.25) is 0 Å². The fourth-order valence-electron chi connectivity index (χ4n) is 1.28. The molecule has 0 amide bonds. The number of nitrogens with one attached hydrogen (secondary N) is 2. The van der Waals surface area contributed by atoms with E-state index in [9.17, 15) is 0 Å². The first-order valence-corrected chi connectivity index (χ1v) is 4.87. The zero-order valence-electron chi connectivity index (χ0n) is 9.09. The molecule has 0 unspecified atom stereocenters. The molecule has 1 aromatic carbocycles. The van der Waals surface area contributed by atoms with Gasteiger partial charge < -0.3 is 10.6 Å². The van der Waals surface area contributed by atoms with Gasteiger partial charge in [-0.3, -0.25) is 0 Å². The SMILES string of the molecule is C=C(Nc1cccc(C)c1)NC(C)C. The first-order chi connectivity index (χ1) is 6.58. The summed E-state index contributed by atoms with van der Waals surface area (Å²) in [4.78, 5) is 0. The summed E-state index contributed by atoms with van der Waals surface area (Å²) in [6.07, 6.45) is 0. The zero-order valence-corrected chi connectivity index (χ0v) is 9.09. The van der Waals surface area contributed by atoms with Crippen LogP contribution in [0.1, 0.15) is 19.4 Å². The fourth-order valence-corrected chi connectivity index (χ4v) is 1.28. The molecule has 2 nitrogen and oxygen atoms in total. The van der Waals surface area contributed by atoms with Crippen LogP contribution in [0.4, 0.5) is 5.69 Å². The monoisotopic (exact) mass is 190 g/mol. The van der Waals surface area contributed by atoms with Crippen LogP contribution in [0, 0.1) is 6.92 Å². The van der Waals surface area contributed by atoms with Crippen LogP contribution in [-0.2, 0) is 0 Å². The van der Waals surface area contributed by atoms with E-state index in [-0.39, 0.29) is 0 Å².